The highest BCUT2D eigenvalue weighted by atomic mass is 19.1. The monoisotopic (exact) mass is 471 g/mol. The van der Waals surface area contributed by atoms with Gasteiger partial charge in [-0.1, -0.05) is 42.0 Å². The average Bonchev–Trinajstić information content (AvgIpc) is 3.11. The fraction of sp³-hybridized carbons (Fsp3) is 0.519. The quantitative estimate of drug-likeness (QED) is 0.617. The summed E-state index contributed by atoms with van der Waals surface area (Å²) in [6.07, 6.45) is -0.435. The van der Waals surface area contributed by atoms with E-state index in [9.17, 15) is 9.18 Å². The number of aryl methyl sites for hydroxylation is 1. The van der Waals surface area contributed by atoms with Gasteiger partial charge in [-0.3, -0.25) is 4.79 Å². The van der Waals surface area contributed by atoms with Gasteiger partial charge in [0.15, 0.2) is 11.4 Å². The number of ether oxygens (including phenoxy) is 4. The first-order valence-corrected chi connectivity index (χ1v) is 11.9. The number of amides is 1. The van der Waals surface area contributed by atoms with Crippen molar-refractivity contribution in [1.29, 1.82) is 0 Å². The lowest BCUT2D eigenvalue weighted by atomic mass is 9.78. The summed E-state index contributed by atoms with van der Waals surface area (Å²) in [6, 6.07) is 14.2. The second-order valence-electron chi connectivity index (χ2n) is 9.65. The molecule has 2 aliphatic rings. The predicted molar refractivity (Wildman–Crippen MR) is 125 cm³/mol. The molecule has 1 aliphatic heterocycles. The van der Waals surface area contributed by atoms with E-state index in [0.29, 0.717) is 26.0 Å². The molecule has 0 spiro atoms. The standard InChI is InChI=1S/C27H34FNO5/c1-5-29-25(30)27(32-17-20-8-6-7-18(2)13-20)14-22(24-23(15-27)33-26(3,4)34-24)31-16-19-9-11-21(28)12-10-19/h6-13,22-24H,5,14-17H2,1-4H3,(H,29,30)/t22?,23-,24+,27-/m1/s1. The van der Waals surface area contributed by atoms with Crippen LogP contribution in [0.2, 0.25) is 0 Å². The van der Waals surface area contributed by atoms with E-state index in [1.54, 1.807) is 12.1 Å². The van der Waals surface area contributed by atoms with Crippen molar-refractivity contribution in [2.75, 3.05) is 6.54 Å². The van der Waals surface area contributed by atoms with E-state index in [1.807, 2.05) is 45.9 Å². The maximum absolute atomic E-state index is 13.4. The number of nitrogens with one attached hydrogen (secondary N) is 1. The van der Waals surface area contributed by atoms with Crippen molar-refractivity contribution in [2.24, 2.45) is 0 Å². The van der Waals surface area contributed by atoms with Gasteiger partial charge in [0.05, 0.1) is 25.4 Å². The van der Waals surface area contributed by atoms with Crippen molar-refractivity contribution in [3.05, 3.63) is 71.0 Å². The number of likely N-dealkylation sites (N-methyl/N-ethyl adjacent to an activating group) is 1. The van der Waals surface area contributed by atoms with Crippen LogP contribution in [0.4, 0.5) is 4.39 Å². The first-order chi connectivity index (χ1) is 16.2. The van der Waals surface area contributed by atoms with E-state index in [4.69, 9.17) is 18.9 Å². The highest BCUT2D eigenvalue weighted by Gasteiger charge is 2.57. The number of carbonyl (C=O) groups excluding carboxylic acids is 1. The Morgan fingerprint density at radius 1 is 1.09 bits per heavy atom. The minimum atomic E-state index is -1.13. The summed E-state index contributed by atoms with van der Waals surface area (Å²) in [5.74, 6) is -1.26. The SMILES string of the molecule is CCNC(=O)[C@@]1(OCc2cccc(C)c2)CC(OCc2ccc(F)cc2)[C@@H]2OC(C)(C)O[C@@H]2C1. The van der Waals surface area contributed by atoms with Crippen molar-refractivity contribution in [2.45, 2.75) is 83.5 Å². The molecule has 1 unspecified atom stereocenters. The molecule has 1 aliphatic carbocycles. The van der Waals surface area contributed by atoms with Gasteiger partial charge in [0.25, 0.3) is 5.91 Å². The smallest absolute Gasteiger partial charge is 0.252 e. The van der Waals surface area contributed by atoms with E-state index in [1.165, 1.54) is 12.1 Å². The van der Waals surface area contributed by atoms with Gasteiger partial charge in [0, 0.05) is 19.4 Å². The number of hydrogen-bond acceptors (Lipinski definition) is 5. The van der Waals surface area contributed by atoms with Crippen LogP contribution in [0, 0.1) is 12.7 Å². The number of halogens is 1. The van der Waals surface area contributed by atoms with Crippen LogP contribution in [0.25, 0.3) is 0 Å². The Morgan fingerprint density at radius 3 is 2.56 bits per heavy atom. The lowest BCUT2D eigenvalue weighted by Gasteiger charge is -2.43. The molecule has 2 fully saturated rings. The molecule has 34 heavy (non-hydrogen) atoms. The molecule has 1 saturated heterocycles. The predicted octanol–water partition coefficient (Wildman–Crippen LogP) is 4.42. The molecule has 1 amide bonds. The third-order valence-electron chi connectivity index (χ3n) is 6.38. The molecule has 0 radical (unpaired) electrons. The Morgan fingerprint density at radius 2 is 1.85 bits per heavy atom. The summed E-state index contributed by atoms with van der Waals surface area (Å²) in [5.41, 5.74) is 1.84. The second kappa shape index (κ2) is 10.1. The molecule has 1 heterocycles. The Hall–Kier alpha value is -2.32. The van der Waals surface area contributed by atoms with Gasteiger partial charge in [-0.15, -0.1) is 0 Å². The van der Waals surface area contributed by atoms with E-state index in [2.05, 4.69) is 11.4 Å². The molecule has 4 atom stereocenters. The van der Waals surface area contributed by atoms with Gasteiger partial charge in [-0.05, 0) is 51.0 Å². The molecular formula is C27H34FNO5. The number of hydrogen-bond donors (Lipinski definition) is 1. The lowest BCUT2D eigenvalue weighted by molar-refractivity contribution is -0.183. The lowest BCUT2D eigenvalue weighted by Crippen LogP contribution is -2.60. The Bertz CT molecular complexity index is 995. The molecule has 4 rings (SSSR count). The summed E-state index contributed by atoms with van der Waals surface area (Å²) in [5, 5.41) is 2.95. The van der Waals surface area contributed by atoms with Crippen molar-refractivity contribution in [3.63, 3.8) is 0 Å². The summed E-state index contributed by atoms with van der Waals surface area (Å²) in [7, 11) is 0. The molecule has 7 heteroatoms. The van der Waals surface area contributed by atoms with Crippen LogP contribution in [0.3, 0.4) is 0 Å². The van der Waals surface area contributed by atoms with Crippen LogP contribution in [0.5, 0.6) is 0 Å². The molecule has 184 valence electrons. The largest absolute Gasteiger partial charge is 0.371 e. The minimum Gasteiger partial charge on any atom is -0.371 e. The summed E-state index contributed by atoms with van der Waals surface area (Å²) >= 11 is 0. The topological polar surface area (TPSA) is 66.0 Å². The maximum Gasteiger partial charge on any atom is 0.252 e. The van der Waals surface area contributed by atoms with Gasteiger partial charge in [0.1, 0.15) is 11.9 Å². The molecule has 0 aromatic heterocycles. The average molecular weight is 472 g/mol. The number of carbonyl (C=O) groups is 1. The third kappa shape index (κ3) is 5.66. The van der Waals surface area contributed by atoms with Gasteiger partial charge in [-0.25, -0.2) is 4.39 Å². The zero-order chi connectivity index (χ0) is 24.3. The number of rotatable bonds is 8. The molecule has 2 aromatic carbocycles. The first-order valence-electron chi connectivity index (χ1n) is 11.9. The summed E-state index contributed by atoms with van der Waals surface area (Å²) in [6.45, 7) is 8.70. The fourth-order valence-corrected chi connectivity index (χ4v) is 4.84. The van der Waals surface area contributed by atoms with Crippen LogP contribution in [-0.2, 0) is 37.0 Å². The normalized spacial score (nSPS) is 27.9. The van der Waals surface area contributed by atoms with Crippen molar-refractivity contribution < 1.29 is 28.1 Å². The van der Waals surface area contributed by atoms with E-state index in [0.717, 1.165) is 16.7 Å². The van der Waals surface area contributed by atoms with Crippen LogP contribution >= 0.6 is 0 Å². The zero-order valence-electron chi connectivity index (χ0n) is 20.3. The Kier molecular flexibility index (Phi) is 7.38. The summed E-state index contributed by atoms with van der Waals surface area (Å²) in [4.78, 5) is 13.4. The Labute approximate surface area is 200 Å². The first kappa shape index (κ1) is 24.8. The van der Waals surface area contributed by atoms with Crippen LogP contribution in [0.1, 0.15) is 50.3 Å². The molecular weight excluding hydrogens is 437 g/mol. The van der Waals surface area contributed by atoms with Crippen molar-refractivity contribution in [1.82, 2.24) is 5.32 Å². The van der Waals surface area contributed by atoms with Crippen LogP contribution in [-0.4, -0.2) is 42.2 Å². The fourth-order valence-electron chi connectivity index (χ4n) is 4.84. The van der Waals surface area contributed by atoms with Crippen molar-refractivity contribution in [3.8, 4) is 0 Å². The van der Waals surface area contributed by atoms with Gasteiger partial charge in [0.2, 0.25) is 0 Å². The van der Waals surface area contributed by atoms with Gasteiger partial charge < -0.3 is 24.3 Å². The summed E-state index contributed by atoms with van der Waals surface area (Å²) < 4.78 is 38.4. The Balaban J connectivity index is 1.58. The highest BCUT2D eigenvalue weighted by Crippen LogP contribution is 2.44. The number of benzene rings is 2. The number of fused-ring (bicyclic) bond motifs is 1. The maximum atomic E-state index is 13.4. The molecule has 6 nitrogen and oxygen atoms in total. The van der Waals surface area contributed by atoms with Crippen LogP contribution < -0.4 is 5.32 Å². The minimum absolute atomic E-state index is 0.176. The van der Waals surface area contributed by atoms with Gasteiger partial charge >= 0.3 is 0 Å². The van der Waals surface area contributed by atoms with E-state index < -0.39 is 17.5 Å². The van der Waals surface area contributed by atoms with Gasteiger partial charge in [-0.2, -0.15) is 0 Å². The molecule has 0 bridgehead atoms. The van der Waals surface area contributed by atoms with E-state index >= 15 is 0 Å². The second-order valence-corrected chi connectivity index (χ2v) is 9.65. The van der Waals surface area contributed by atoms with Crippen LogP contribution in [0.15, 0.2) is 48.5 Å². The highest BCUT2D eigenvalue weighted by molar-refractivity contribution is 5.85. The molecule has 1 N–H and O–H groups in total. The zero-order valence-corrected chi connectivity index (χ0v) is 20.3. The van der Waals surface area contributed by atoms with E-state index in [-0.39, 0.29) is 30.5 Å². The molecule has 2 aromatic rings. The molecule has 1 saturated carbocycles. The van der Waals surface area contributed by atoms with Crippen molar-refractivity contribution >= 4 is 5.91 Å². The third-order valence-corrected chi connectivity index (χ3v) is 6.38.